The number of hydrazine groups is 1. The Balaban J connectivity index is 1.49. The highest BCUT2D eigenvalue weighted by Crippen LogP contribution is 2.27. The number of nitrogens with zero attached hydrogens (tertiary/aromatic N) is 6. The van der Waals surface area contributed by atoms with Crippen LogP contribution in [-0.4, -0.2) is 46.2 Å². The third kappa shape index (κ3) is 3.46. The van der Waals surface area contributed by atoms with Crippen molar-refractivity contribution in [2.45, 2.75) is 18.4 Å². The molecule has 0 saturated heterocycles. The van der Waals surface area contributed by atoms with Crippen LogP contribution in [0.15, 0.2) is 61.8 Å². The van der Waals surface area contributed by atoms with Crippen LogP contribution in [0, 0.1) is 6.92 Å². The Labute approximate surface area is 188 Å². The van der Waals surface area contributed by atoms with Crippen molar-refractivity contribution < 1.29 is 17.0 Å². The number of fused-ring (bicyclic) bond motifs is 3. The highest BCUT2D eigenvalue weighted by Gasteiger charge is 2.31. The van der Waals surface area contributed by atoms with Crippen molar-refractivity contribution in [3.8, 4) is 0 Å². The molecule has 4 aromatic rings. The SMILES string of the molecule is Cc1ccc(S(=O)(=O)OCCn2c(=O)n(C)n3c4c(nc23)N(N)CN=C4c2ccco2)cc1. The Morgan fingerprint density at radius 3 is 2.67 bits per heavy atom. The molecule has 0 unspecified atom stereocenters. The lowest BCUT2D eigenvalue weighted by Crippen LogP contribution is -2.37. The predicted octanol–water partition coefficient (Wildman–Crippen LogP) is 0.630. The lowest BCUT2D eigenvalue weighted by Gasteiger charge is -2.20. The van der Waals surface area contributed by atoms with Gasteiger partial charge in [0, 0.05) is 7.05 Å². The minimum absolute atomic E-state index is 0.0397. The van der Waals surface area contributed by atoms with Gasteiger partial charge in [-0.25, -0.2) is 19.8 Å². The zero-order chi connectivity index (χ0) is 23.3. The van der Waals surface area contributed by atoms with Gasteiger partial charge < -0.3 is 4.42 Å². The number of aromatic nitrogens is 4. The van der Waals surface area contributed by atoms with Crippen molar-refractivity contribution >= 4 is 27.4 Å². The third-order valence-electron chi connectivity index (χ3n) is 5.36. The van der Waals surface area contributed by atoms with Gasteiger partial charge in [-0.05, 0) is 31.2 Å². The fourth-order valence-corrected chi connectivity index (χ4v) is 4.60. The number of anilines is 1. The molecule has 1 aliphatic heterocycles. The minimum Gasteiger partial charge on any atom is -0.463 e. The average Bonchev–Trinajstić information content (AvgIpc) is 3.49. The molecule has 0 atom stereocenters. The number of imidazole rings is 1. The van der Waals surface area contributed by atoms with Crippen LogP contribution in [0.4, 0.5) is 5.82 Å². The molecule has 3 aromatic heterocycles. The zero-order valence-corrected chi connectivity index (χ0v) is 18.7. The minimum atomic E-state index is -3.97. The summed E-state index contributed by atoms with van der Waals surface area (Å²) in [5, 5.41) is 1.36. The molecule has 1 aromatic carbocycles. The van der Waals surface area contributed by atoms with Crippen LogP contribution < -0.4 is 16.5 Å². The smallest absolute Gasteiger partial charge is 0.345 e. The van der Waals surface area contributed by atoms with E-state index < -0.39 is 15.8 Å². The standard InChI is InChI=1S/C20H21N7O5S/c1-13-5-7-14(8-6-13)33(29,30)32-11-9-25-19-23-18-17(27(19)24(2)20(25)28)16(22-12-26(18)21)15-4-3-10-31-15/h3-8,10H,9,11-12,21H2,1-2H3. The molecule has 0 aliphatic carbocycles. The number of rotatable bonds is 6. The maximum Gasteiger partial charge on any atom is 0.345 e. The number of aliphatic imine (C=N–C) groups is 1. The molecule has 0 amide bonds. The van der Waals surface area contributed by atoms with Crippen molar-refractivity contribution in [3.63, 3.8) is 0 Å². The Kier molecular flexibility index (Phi) is 4.96. The second-order valence-corrected chi connectivity index (χ2v) is 9.15. The van der Waals surface area contributed by atoms with Crippen LogP contribution in [0.3, 0.4) is 0 Å². The molecular weight excluding hydrogens is 450 g/mol. The van der Waals surface area contributed by atoms with Gasteiger partial charge in [-0.1, -0.05) is 17.7 Å². The van der Waals surface area contributed by atoms with Gasteiger partial charge in [0.05, 0.1) is 24.3 Å². The Hall–Kier alpha value is -3.68. The van der Waals surface area contributed by atoms with Crippen LogP contribution in [0.5, 0.6) is 0 Å². The van der Waals surface area contributed by atoms with Gasteiger partial charge in [0.2, 0.25) is 5.78 Å². The summed E-state index contributed by atoms with van der Waals surface area (Å²) in [5.41, 5.74) is 1.54. The van der Waals surface area contributed by atoms with Crippen molar-refractivity contribution in [2.24, 2.45) is 17.9 Å². The number of benzene rings is 1. The topological polar surface area (TPSA) is 142 Å². The summed E-state index contributed by atoms with van der Waals surface area (Å²) in [4.78, 5) is 22.0. The van der Waals surface area contributed by atoms with Crippen molar-refractivity contribution in [2.75, 3.05) is 18.3 Å². The van der Waals surface area contributed by atoms with E-state index in [2.05, 4.69) is 9.98 Å². The van der Waals surface area contributed by atoms with Gasteiger partial charge in [0.25, 0.3) is 10.1 Å². The van der Waals surface area contributed by atoms with E-state index in [0.29, 0.717) is 23.0 Å². The second-order valence-electron chi connectivity index (χ2n) is 7.54. The monoisotopic (exact) mass is 471 g/mol. The van der Waals surface area contributed by atoms with E-state index in [1.54, 1.807) is 35.8 Å². The summed E-state index contributed by atoms with van der Waals surface area (Å²) in [7, 11) is -2.39. The van der Waals surface area contributed by atoms with Crippen LogP contribution in [-0.2, 0) is 27.9 Å². The molecule has 13 heteroatoms. The molecule has 0 fully saturated rings. The average molecular weight is 471 g/mol. The van der Waals surface area contributed by atoms with Crippen LogP contribution in [0.25, 0.3) is 5.78 Å². The fraction of sp³-hybridized carbons (Fsp3) is 0.250. The molecule has 0 saturated carbocycles. The maximum atomic E-state index is 12.9. The second kappa shape index (κ2) is 7.72. The highest BCUT2D eigenvalue weighted by atomic mass is 32.2. The third-order valence-corrected chi connectivity index (χ3v) is 6.69. The van der Waals surface area contributed by atoms with Gasteiger partial charge >= 0.3 is 5.69 Å². The van der Waals surface area contributed by atoms with E-state index in [9.17, 15) is 13.2 Å². The van der Waals surface area contributed by atoms with E-state index in [-0.39, 0.29) is 30.5 Å². The normalized spacial score (nSPS) is 14.0. The van der Waals surface area contributed by atoms with E-state index in [0.717, 1.165) is 5.56 Å². The summed E-state index contributed by atoms with van der Waals surface area (Å²) in [6.07, 6.45) is 1.53. The van der Waals surface area contributed by atoms with E-state index in [1.807, 2.05) is 6.92 Å². The molecule has 0 radical (unpaired) electrons. The Morgan fingerprint density at radius 2 is 1.97 bits per heavy atom. The Morgan fingerprint density at radius 1 is 1.21 bits per heavy atom. The quantitative estimate of drug-likeness (QED) is 0.319. The van der Waals surface area contributed by atoms with Crippen molar-refractivity contribution in [3.05, 3.63) is 70.2 Å². The van der Waals surface area contributed by atoms with Crippen molar-refractivity contribution in [1.82, 2.24) is 18.7 Å². The molecule has 0 spiro atoms. The zero-order valence-electron chi connectivity index (χ0n) is 17.9. The largest absolute Gasteiger partial charge is 0.463 e. The van der Waals surface area contributed by atoms with Gasteiger partial charge in [0.15, 0.2) is 11.6 Å². The first kappa shape index (κ1) is 21.2. The maximum absolute atomic E-state index is 12.9. The predicted molar refractivity (Wildman–Crippen MR) is 119 cm³/mol. The molecule has 4 heterocycles. The molecule has 2 N–H and O–H groups in total. The molecular formula is C20H21N7O5S. The van der Waals surface area contributed by atoms with E-state index in [4.69, 9.17) is 14.4 Å². The van der Waals surface area contributed by atoms with Gasteiger partial charge in [0.1, 0.15) is 18.1 Å². The number of furan rings is 1. The fourth-order valence-electron chi connectivity index (χ4n) is 3.70. The summed E-state index contributed by atoms with van der Waals surface area (Å²) < 4.78 is 39.9. The molecule has 5 rings (SSSR count). The number of aryl methyl sites for hydroxylation is 2. The van der Waals surface area contributed by atoms with Crippen molar-refractivity contribution in [1.29, 1.82) is 0 Å². The van der Waals surface area contributed by atoms with E-state index in [1.165, 1.54) is 32.7 Å². The van der Waals surface area contributed by atoms with Gasteiger partial charge in [-0.15, -0.1) is 0 Å². The van der Waals surface area contributed by atoms with Crippen LogP contribution >= 0.6 is 0 Å². The summed E-state index contributed by atoms with van der Waals surface area (Å²) >= 11 is 0. The molecule has 1 aliphatic rings. The lowest BCUT2D eigenvalue weighted by atomic mass is 10.2. The first-order chi connectivity index (χ1) is 15.8. The highest BCUT2D eigenvalue weighted by molar-refractivity contribution is 7.86. The number of hydrogen-bond acceptors (Lipinski definition) is 9. The Bertz CT molecular complexity index is 1530. The molecule has 33 heavy (non-hydrogen) atoms. The summed E-state index contributed by atoms with van der Waals surface area (Å²) in [5.74, 6) is 7.29. The first-order valence-electron chi connectivity index (χ1n) is 10.0. The first-order valence-corrected chi connectivity index (χ1v) is 11.4. The summed E-state index contributed by atoms with van der Waals surface area (Å²) in [6.45, 7) is 1.73. The number of hydrogen-bond donors (Lipinski definition) is 1. The van der Waals surface area contributed by atoms with E-state index >= 15 is 0 Å². The van der Waals surface area contributed by atoms with Crippen LogP contribution in [0.1, 0.15) is 17.0 Å². The molecule has 12 nitrogen and oxygen atoms in total. The van der Waals surface area contributed by atoms with Crippen LogP contribution in [0.2, 0.25) is 0 Å². The molecule has 172 valence electrons. The molecule has 0 bridgehead atoms. The summed E-state index contributed by atoms with van der Waals surface area (Å²) in [6, 6.07) is 9.82. The van der Waals surface area contributed by atoms with Gasteiger partial charge in [-0.2, -0.15) is 13.4 Å². The van der Waals surface area contributed by atoms with Gasteiger partial charge in [-0.3, -0.25) is 18.8 Å². The number of nitrogens with two attached hydrogens (primary N) is 1. The lowest BCUT2D eigenvalue weighted by molar-refractivity contribution is 0.300.